The fraction of sp³-hybridized carbons (Fsp3) is 0.667. The molecule has 0 aliphatic carbocycles. The Hall–Kier alpha value is -1.13. The van der Waals surface area contributed by atoms with Gasteiger partial charge in [0.1, 0.15) is 5.75 Å². The highest BCUT2D eigenvalue weighted by Crippen LogP contribution is 2.26. The third-order valence-electron chi connectivity index (χ3n) is 3.83. The Balaban J connectivity index is 3.05. The molecule has 0 spiro atoms. The quantitative estimate of drug-likeness (QED) is 0.857. The molecule has 4 nitrogen and oxygen atoms in total. The van der Waals surface area contributed by atoms with E-state index in [1.807, 2.05) is 13.1 Å². The molecule has 1 aromatic heterocycles. The topological polar surface area (TPSA) is 51.4 Å². The summed E-state index contributed by atoms with van der Waals surface area (Å²) in [7, 11) is 1.71. The van der Waals surface area contributed by atoms with Gasteiger partial charge in [-0.15, -0.1) is 0 Å². The van der Waals surface area contributed by atoms with Crippen LogP contribution in [-0.4, -0.2) is 35.6 Å². The van der Waals surface area contributed by atoms with Crippen LogP contribution < -0.4 is 10.5 Å². The van der Waals surface area contributed by atoms with Crippen LogP contribution in [0.15, 0.2) is 6.20 Å². The molecule has 1 rings (SSSR count). The number of hydrogen-bond donors (Lipinski definition) is 1. The number of nitrogens with two attached hydrogens (primary N) is 1. The van der Waals surface area contributed by atoms with Gasteiger partial charge in [0.2, 0.25) is 0 Å². The van der Waals surface area contributed by atoms with Crippen LogP contribution in [-0.2, 0) is 6.54 Å². The molecule has 0 fully saturated rings. The summed E-state index contributed by atoms with van der Waals surface area (Å²) in [6, 6.07) is 0. The van der Waals surface area contributed by atoms with E-state index >= 15 is 0 Å². The molecule has 0 aliphatic rings. The Kier molecular flexibility index (Phi) is 5.32. The maximum atomic E-state index is 5.87. The summed E-state index contributed by atoms with van der Waals surface area (Å²) in [4.78, 5) is 6.90. The first-order chi connectivity index (χ1) is 8.87. The molecule has 1 aromatic rings. The van der Waals surface area contributed by atoms with Gasteiger partial charge < -0.3 is 10.5 Å². The van der Waals surface area contributed by atoms with Crippen LogP contribution >= 0.6 is 0 Å². The lowest BCUT2D eigenvalue weighted by atomic mass is 10.0. The molecule has 0 aromatic carbocycles. The molecule has 19 heavy (non-hydrogen) atoms. The molecule has 4 heteroatoms. The highest BCUT2D eigenvalue weighted by atomic mass is 16.5. The average molecular weight is 265 g/mol. The number of aryl methyl sites for hydroxylation is 1. The Morgan fingerprint density at radius 1 is 1.37 bits per heavy atom. The molecule has 0 unspecified atom stereocenters. The Bertz CT molecular complexity index is 430. The molecule has 108 valence electrons. The zero-order chi connectivity index (χ0) is 14.6. The van der Waals surface area contributed by atoms with Crippen LogP contribution in [0.4, 0.5) is 0 Å². The molecule has 0 saturated carbocycles. The minimum Gasteiger partial charge on any atom is -0.496 e. The predicted molar refractivity (Wildman–Crippen MR) is 79.5 cm³/mol. The van der Waals surface area contributed by atoms with Gasteiger partial charge in [0.15, 0.2) is 0 Å². The van der Waals surface area contributed by atoms with E-state index in [-0.39, 0.29) is 5.54 Å². The molecule has 2 N–H and O–H groups in total. The number of methoxy groups -OCH3 is 1. The van der Waals surface area contributed by atoms with Gasteiger partial charge >= 0.3 is 0 Å². The molecule has 0 radical (unpaired) electrons. The summed E-state index contributed by atoms with van der Waals surface area (Å²) in [6.07, 6.45) is 1.88. The third-order valence-corrected chi connectivity index (χ3v) is 3.83. The first kappa shape index (κ1) is 15.9. The number of rotatable bonds is 6. The van der Waals surface area contributed by atoms with Gasteiger partial charge in [0.05, 0.1) is 12.8 Å². The predicted octanol–water partition coefficient (Wildman–Crippen LogP) is 2.27. The molecule has 1 heterocycles. The maximum Gasteiger partial charge on any atom is 0.128 e. The lowest BCUT2D eigenvalue weighted by Crippen LogP contribution is -2.48. The van der Waals surface area contributed by atoms with Crippen molar-refractivity contribution in [2.45, 2.75) is 46.7 Å². The second kappa shape index (κ2) is 6.35. The fourth-order valence-corrected chi connectivity index (χ4v) is 2.29. The van der Waals surface area contributed by atoms with Crippen molar-refractivity contribution in [3.8, 4) is 5.75 Å². The van der Waals surface area contributed by atoms with E-state index in [2.05, 4.69) is 37.6 Å². The van der Waals surface area contributed by atoms with Crippen molar-refractivity contribution in [2.75, 3.05) is 20.2 Å². The number of nitrogens with zero attached hydrogens (tertiary/aromatic N) is 2. The van der Waals surface area contributed by atoms with Crippen LogP contribution in [0.1, 0.15) is 37.6 Å². The summed E-state index contributed by atoms with van der Waals surface area (Å²) in [6.45, 7) is 12.9. The maximum absolute atomic E-state index is 5.87. The van der Waals surface area contributed by atoms with E-state index in [0.717, 1.165) is 35.7 Å². The first-order valence-corrected chi connectivity index (χ1v) is 6.81. The summed E-state index contributed by atoms with van der Waals surface area (Å²) >= 11 is 0. The Labute approximate surface area is 117 Å². The standard InChI is InChI=1S/C15H27N3O/c1-7-18(15(4,5)10-16)9-13-12(3)14(19-6)11(2)8-17-13/h8H,7,9-10,16H2,1-6H3. The van der Waals surface area contributed by atoms with Gasteiger partial charge in [-0.2, -0.15) is 0 Å². The lowest BCUT2D eigenvalue weighted by molar-refractivity contribution is 0.124. The summed E-state index contributed by atoms with van der Waals surface area (Å²) < 4.78 is 5.46. The lowest BCUT2D eigenvalue weighted by Gasteiger charge is -2.37. The van der Waals surface area contributed by atoms with Crippen molar-refractivity contribution in [3.63, 3.8) is 0 Å². The van der Waals surface area contributed by atoms with Crippen molar-refractivity contribution in [2.24, 2.45) is 5.73 Å². The molecular formula is C15H27N3O. The first-order valence-electron chi connectivity index (χ1n) is 6.81. The van der Waals surface area contributed by atoms with Crippen LogP contribution in [0.2, 0.25) is 0 Å². The van der Waals surface area contributed by atoms with Gasteiger partial charge in [-0.05, 0) is 34.2 Å². The van der Waals surface area contributed by atoms with Crippen molar-refractivity contribution in [3.05, 3.63) is 23.0 Å². The molecule has 0 bridgehead atoms. The van der Waals surface area contributed by atoms with E-state index < -0.39 is 0 Å². The number of likely N-dealkylation sites (N-methyl/N-ethyl adjacent to an activating group) is 1. The van der Waals surface area contributed by atoms with Crippen LogP contribution in [0, 0.1) is 13.8 Å². The minimum atomic E-state index is -0.0268. The normalized spacial score (nSPS) is 12.0. The summed E-state index contributed by atoms with van der Waals surface area (Å²) in [5.74, 6) is 0.937. The molecule has 0 atom stereocenters. The average Bonchev–Trinajstić information content (AvgIpc) is 2.38. The molecule has 0 aliphatic heterocycles. The van der Waals surface area contributed by atoms with E-state index in [9.17, 15) is 0 Å². The number of aromatic nitrogens is 1. The minimum absolute atomic E-state index is 0.0268. The summed E-state index contributed by atoms with van der Waals surface area (Å²) in [5, 5.41) is 0. The van der Waals surface area contributed by atoms with Gasteiger partial charge in [0.25, 0.3) is 0 Å². The van der Waals surface area contributed by atoms with E-state index in [0.29, 0.717) is 6.54 Å². The van der Waals surface area contributed by atoms with Crippen molar-refractivity contribution in [1.82, 2.24) is 9.88 Å². The van der Waals surface area contributed by atoms with Crippen LogP contribution in [0.25, 0.3) is 0 Å². The number of hydrogen-bond acceptors (Lipinski definition) is 4. The fourth-order valence-electron chi connectivity index (χ4n) is 2.29. The Morgan fingerprint density at radius 2 is 2.00 bits per heavy atom. The summed E-state index contributed by atoms with van der Waals surface area (Å²) in [5.41, 5.74) is 9.10. The highest BCUT2D eigenvalue weighted by molar-refractivity contribution is 5.41. The molecular weight excluding hydrogens is 238 g/mol. The van der Waals surface area contributed by atoms with E-state index in [1.54, 1.807) is 7.11 Å². The van der Waals surface area contributed by atoms with Gasteiger partial charge in [-0.1, -0.05) is 6.92 Å². The number of ether oxygens (including phenoxy) is 1. The van der Waals surface area contributed by atoms with Crippen LogP contribution in [0.5, 0.6) is 5.75 Å². The van der Waals surface area contributed by atoms with E-state index in [1.165, 1.54) is 0 Å². The zero-order valence-corrected chi connectivity index (χ0v) is 13.1. The van der Waals surface area contributed by atoms with Gasteiger partial charge in [0, 0.05) is 36.0 Å². The Morgan fingerprint density at radius 3 is 2.47 bits per heavy atom. The van der Waals surface area contributed by atoms with Gasteiger partial charge in [-0.3, -0.25) is 9.88 Å². The van der Waals surface area contributed by atoms with Crippen LogP contribution in [0.3, 0.4) is 0 Å². The third kappa shape index (κ3) is 3.45. The second-order valence-corrected chi connectivity index (χ2v) is 5.58. The van der Waals surface area contributed by atoms with Crippen molar-refractivity contribution in [1.29, 1.82) is 0 Å². The largest absolute Gasteiger partial charge is 0.496 e. The SMILES string of the molecule is CCN(Cc1ncc(C)c(OC)c1C)C(C)(C)CN. The smallest absolute Gasteiger partial charge is 0.128 e. The zero-order valence-electron chi connectivity index (χ0n) is 13.1. The molecule has 0 amide bonds. The highest BCUT2D eigenvalue weighted by Gasteiger charge is 2.25. The van der Waals surface area contributed by atoms with Crippen molar-refractivity contribution < 1.29 is 4.74 Å². The monoisotopic (exact) mass is 265 g/mol. The number of pyridine rings is 1. The van der Waals surface area contributed by atoms with Gasteiger partial charge in [-0.25, -0.2) is 0 Å². The second-order valence-electron chi connectivity index (χ2n) is 5.58. The van der Waals surface area contributed by atoms with E-state index in [4.69, 9.17) is 10.5 Å². The van der Waals surface area contributed by atoms with Crippen molar-refractivity contribution >= 4 is 0 Å². The molecule has 0 saturated heterocycles.